The van der Waals surface area contributed by atoms with Crippen molar-refractivity contribution in [1.82, 2.24) is 0 Å². The molecule has 0 saturated carbocycles. The van der Waals surface area contributed by atoms with Gasteiger partial charge in [-0.25, -0.2) is 0 Å². The maximum atomic E-state index is 2.28. The Bertz CT molecular complexity index is 225. The van der Waals surface area contributed by atoms with E-state index in [1.165, 1.54) is 37.7 Å². The van der Waals surface area contributed by atoms with Crippen LogP contribution in [0.5, 0.6) is 0 Å². The molecule has 1 aromatic carbocycles. The van der Waals surface area contributed by atoms with E-state index in [2.05, 4.69) is 44.2 Å². The van der Waals surface area contributed by atoms with Gasteiger partial charge < -0.3 is 0 Å². The molecule has 0 aromatic heterocycles. The normalized spacial score (nSPS) is 12.7. The van der Waals surface area contributed by atoms with Crippen molar-refractivity contribution in [1.29, 1.82) is 0 Å². The van der Waals surface area contributed by atoms with Crippen molar-refractivity contribution in [2.24, 2.45) is 0 Å². The van der Waals surface area contributed by atoms with Crippen LogP contribution in [-0.4, -0.2) is 0 Å². The minimum absolute atomic E-state index is 0.793. The van der Waals surface area contributed by atoms with E-state index in [0.717, 1.165) is 5.92 Å². The van der Waals surface area contributed by atoms with Crippen molar-refractivity contribution in [2.75, 3.05) is 0 Å². The second-order valence-corrected chi connectivity index (χ2v) is 4.04. The summed E-state index contributed by atoms with van der Waals surface area (Å²) in [5, 5.41) is 0. The zero-order valence-corrected chi connectivity index (χ0v) is 9.50. The zero-order valence-electron chi connectivity index (χ0n) is 9.50. The first-order valence-corrected chi connectivity index (χ1v) is 5.93. The molecule has 0 heteroatoms. The Morgan fingerprint density at radius 3 is 2.21 bits per heavy atom. The van der Waals surface area contributed by atoms with Crippen molar-refractivity contribution in [2.45, 2.75) is 51.9 Å². The van der Waals surface area contributed by atoms with E-state index in [0.29, 0.717) is 0 Å². The van der Waals surface area contributed by atoms with Crippen LogP contribution < -0.4 is 0 Å². The summed E-state index contributed by atoms with van der Waals surface area (Å²) in [6, 6.07) is 11.0. The Kier molecular flexibility index (Phi) is 5.36. The lowest BCUT2D eigenvalue weighted by atomic mass is 9.90. The quantitative estimate of drug-likeness (QED) is 0.606. The van der Waals surface area contributed by atoms with E-state index in [4.69, 9.17) is 0 Å². The van der Waals surface area contributed by atoms with Crippen molar-refractivity contribution >= 4 is 0 Å². The molecule has 0 bridgehead atoms. The van der Waals surface area contributed by atoms with Crippen LogP contribution in [0, 0.1) is 0 Å². The molecular weight excluding hydrogens is 168 g/mol. The smallest absolute Gasteiger partial charge is 0.0162 e. The van der Waals surface area contributed by atoms with Gasteiger partial charge in [0.05, 0.1) is 0 Å². The highest BCUT2D eigenvalue weighted by Crippen LogP contribution is 2.26. The Labute approximate surface area is 88.4 Å². The molecule has 78 valence electrons. The molecule has 0 nitrogen and oxygen atoms in total. The van der Waals surface area contributed by atoms with Gasteiger partial charge in [0, 0.05) is 0 Å². The zero-order chi connectivity index (χ0) is 10.2. The summed E-state index contributed by atoms with van der Waals surface area (Å²) in [6.07, 6.45) is 6.66. The molecular formula is C14H22. The Morgan fingerprint density at radius 2 is 1.64 bits per heavy atom. The molecule has 0 heterocycles. The maximum Gasteiger partial charge on any atom is -0.0162 e. The van der Waals surface area contributed by atoms with Gasteiger partial charge in [0.25, 0.3) is 0 Å². The first kappa shape index (κ1) is 11.3. The third kappa shape index (κ3) is 3.53. The van der Waals surface area contributed by atoms with Crippen molar-refractivity contribution in [3.63, 3.8) is 0 Å². The summed E-state index contributed by atoms with van der Waals surface area (Å²) < 4.78 is 0. The average molecular weight is 190 g/mol. The lowest BCUT2D eigenvalue weighted by molar-refractivity contribution is 0.541. The standard InChI is InChI=1S/C14H22/c1-3-5-10-13(9-4-2)14-11-7-6-8-12-14/h6-8,11-13H,3-5,9-10H2,1-2H3. The molecule has 0 aliphatic carbocycles. The third-order valence-electron chi connectivity index (χ3n) is 2.81. The first-order valence-electron chi connectivity index (χ1n) is 5.93. The highest BCUT2D eigenvalue weighted by atomic mass is 14.1. The second kappa shape index (κ2) is 6.64. The molecule has 1 rings (SSSR count). The van der Waals surface area contributed by atoms with Gasteiger partial charge in [-0.3, -0.25) is 0 Å². The van der Waals surface area contributed by atoms with Crippen LogP contribution >= 0.6 is 0 Å². The summed E-state index contributed by atoms with van der Waals surface area (Å²) in [5.41, 5.74) is 1.53. The van der Waals surface area contributed by atoms with Gasteiger partial charge in [0.2, 0.25) is 0 Å². The van der Waals surface area contributed by atoms with Crippen molar-refractivity contribution < 1.29 is 0 Å². The third-order valence-corrected chi connectivity index (χ3v) is 2.81. The highest BCUT2D eigenvalue weighted by molar-refractivity contribution is 5.19. The molecule has 1 aromatic rings. The molecule has 0 aliphatic heterocycles. The number of unbranched alkanes of at least 4 members (excludes halogenated alkanes) is 1. The molecule has 1 unspecified atom stereocenters. The highest BCUT2D eigenvalue weighted by Gasteiger charge is 2.08. The predicted molar refractivity (Wildman–Crippen MR) is 63.6 cm³/mol. The summed E-state index contributed by atoms with van der Waals surface area (Å²) in [7, 11) is 0. The fraction of sp³-hybridized carbons (Fsp3) is 0.571. The van der Waals surface area contributed by atoms with E-state index in [-0.39, 0.29) is 0 Å². The molecule has 0 radical (unpaired) electrons. The summed E-state index contributed by atoms with van der Waals surface area (Å²) in [6.45, 7) is 4.55. The summed E-state index contributed by atoms with van der Waals surface area (Å²) in [5.74, 6) is 0.793. The lowest BCUT2D eigenvalue weighted by Gasteiger charge is -2.15. The van der Waals surface area contributed by atoms with Crippen LogP contribution in [0.4, 0.5) is 0 Å². The van der Waals surface area contributed by atoms with E-state index >= 15 is 0 Å². The fourth-order valence-electron chi connectivity index (χ4n) is 2.00. The van der Waals surface area contributed by atoms with Crippen LogP contribution in [-0.2, 0) is 0 Å². The molecule has 14 heavy (non-hydrogen) atoms. The summed E-state index contributed by atoms with van der Waals surface area (Å²) >= 11 is 0. The lowest BCUT2D eigenvalue weighted by Crippen LogP contribution is -1.98. The van der Waals surface area contributed by atoms with Gasteiger partial charge in [0.15, 0.2) is 0 Å². The Balaban J connectivity index is 2.58. The second-order valence-electron chi connectivity index (χ2n) is 4.04. The molecule has 0 amide bonds. The number of hydrogen-bond donors (Lipinski definition) is 0. The van der Waals surface area contributed by atoms with Gasteiger partial charge in [-0.05, 0) is 24.3 Å². The summed E-state index contributed by atoms with van der Waals surface area (Å²) in [4.78, 5) is 0. The van der Waals surface area contributed by atoms with Crippen LogP contribution in [0.1, 0.15) is 57.4 Å². The largest absolute Gasteiger partial charge is 0.0654 e. The Hall–Kier alpha value is -0.780. The topological polar surface area (TPSA) is 0 Å². The van der Waals surface area contributed by atoms with Gasteiger partial charge in [-0.2, -0.15) is 0 Å². The monoisotopic (exact) mass is 190 g/mol. The average Bonchev–Trinajstić information content (AvgIpc) is 2.25. The van der Waals surface area contributed by atoms with Gasteiger partial charge >= 0.3 is 0 Å². The number of benzene rings is 1. The van der Waals surface area contributed by atoms with Crippen LogP contribution in [0.15, 0.2) is 30.3 Å². The number of hydrogen-bond acceptors (Lipinski definition) is 0. The molecule has 0 fully saturated rings. The minimum Gasteiger partial charge on any atom is -0.0654 e. The molecule has 0 aliphatic rings. The fourth-order valence-corrected chi connectivity index (χ4v) is 2.00. The van der Waals surface area contributed by atoms with E-state index in [9.17, 15) is 0 Å². The van der Waals surface area contributed by atoms with E-state index in [1.807, 2.05) is 0 Å². The maximum absolute atomic E-state index is 2.28. The van der Waals surface area contributed by atoms with Gasteiger partial charge in [0.1, 0.15) is 0 Å². The number of rotatable bonds is 6. The van der Waals surface area contributed by atoms with Crippen molar-refractivity contribution in [3.05, 3.63) is 35.9 Å². The van der Waals surface area contributed by atoms with Gasteiger partial charge in [-0.15, -0.1) is 0 Å². The SMILES string of the molecule is CCCCC(CCC)c1ccccc1. The van der Waals surface area contributed by atoms with Crippen LogP contribution in [0.3, 0.4) is 0 Å². The van der Waals surface area contributed by atoms with Crippen LogP contribution in [0.25, 0.3) is 0 Å². The predicted octanol–water partition coefficient (Wildman–Crippen LogP) is 4.76. The molecule has 1 atom stereocenters. The minimum atomic E-state index is 0.793. The van der Waals surface area contributed by atoms with Crippen LogP contribution in [0.2, 0.25) is 0 Å². The Morgan fingerprint density at radius 1 is 0.929 bits per heavy atom. The first-order chi connectivity index (χ1) is 6.88. The van der Waals surface area contributed by atoms with Crippen molar-refractivity contribution in [3.8, 4) is 0 Å². The van der Waals surface area contributed by atoms with E-state index < -0.39 is 0 Å². The molecule has 0 spiro atoms. The van der Waals surface area contributed by atoms with Gasteiger partial charge in [-0.1, -0.05) is 63.4 Å². The molecule has 0 N–H and O–H groups in total. The molecule has 0 saturated heterocycles. The van der Waals surface area contributed by atoms with E-state index in [1.54, 1.807) is 0 Å².